The van der Waals surface area contributed by atoms with E-state index in [0.29, 0.717) is 5.56 Å². The van der Waals surface area contributed by atoms with Gasteiger partial charge in [-0.25, -0.2) is 4.79 Å². The van der Waals surface area contributed by atoms with Crippen LogP contribution in [0.5, 0.6) is 0 Å². The molecule has 0 unspecified atom stereocenters. The van der Waals surface area contributed by atoms with Gasteiger partial charge in [0.15, 0.2) is 6.10 Å². The molecule has 1 heterocycles. The molecule has 0 aliphatic carbocycles. The van der Waals surface area contributed by atoms with Crippen molar-refractivity contribution in [2.24, 2.45) is 0 Å². The third-order valence-corrected chi connectivity index (χ3v) is 4.68. The maximum absolute atomic E-state index is 12.9. The Bertz CT molecular complexity index is 828. The minimum Gasteiger partial charge on any atom is -0.449 e. The summed E-state index contributed by atoms with van der Waals surface area (Å²) in [6, 6.07) is 13.5. The van der Waals surface area contributed by atoms with E-state index in [4.69, 9.17) is 4.74 Å². The SMILES string of the molecule is Cc1ccc(C(=O)O[C@H](C)C(=O)N2c3ccccc3C[C@@H]2C)c(C)c1. The monoisotopic (exact) mass is 337 g/mol. The molecular weight excluding hydrogens is 314 g/mol. The van der Waals surface area contributed by atoms with Crippen molar-refractivity contribution in [2.45, 2.75) is 46.3 Å². The van der Waals surface area contributed by atoms with Gasteiger partial charge in [-0.3, -0.25) is 4.79 Å². The van der Waals surface area contributed by atoms with Crippen LogP contribution in [0.4, 0.5) is 5.69 Å². The number of benzene rings is 2. The van der Waals surface area contributed by atoms with Crippen LogP contribution in [0.1, 0.15) is 40.9 Å². The fraction of sp³-hybridized carbons (Fsp3) is 0.333. The van der Waals surface area contributed by atoms with E-state index in [1.807, 2.05) is 57.2 Å². The first-order valence-corrected chi connectivity index (χ1v) is 8.57. The number of nitrogens with zero attached hydrogens (tertiary/aromatic N) is 1. The lowest BCUT2D eigenvalue weighted by Crippen LogP contribution is -2.43. The number of carbonyl (C=O) groups excluding carboxylic acids is 2. The highest BCUT2D eigenvalue weighted by molar-refractivity contribution is 6.01. The maximum atomic E-state index is 12.9. The van der Waals surface area contributed by atoms with Crippen LogP contribution in [0.15, 0.2) is 42.5 Å². The van der Waals surface area contributed by atoms with Crippen molar-refractivity contribution in [3.63, 3.8) is 0 Å². The van der Waals surface area contributed by atoms with Gasteiger partial charge in [-0.1, -0.05) is 35.9 Å². The van der Waals surface area contributed by atoms with Crippen LogP contribution in [-0.4, -0.2) is 24.0 Å². The van der Waals surface area contributed by atoms with Gasteiger partial charge in [-0.2, -0.15) is 0 Å². The van der Waals surface area contributed by atoms with Crippen LogP contribution >= 0.6 is 0 Å². The van der Waals surface area contributed by atoms with Gasteiger partial charge in [-0.15, -0.1) is 0 Å². The van der Waals surface area contributed by atoms with Crippen molar-refractivity contribution < 1.29 is 14.3 Å². The second-order valence-corrected chi connectivity index (χ2v) is 6.76. The number of anilines is 1. The van der Waals surface area contributed by atoms with Crippen molar-refractivity contribution in [1.82, 2.24) is 0 Å². The summed E-state index contributed by atoms with van der Waals surface area (Å²) < 4.78 is 5.46. The molecule has 2 atom stereocenters. The first-order chi connectivity index (χ1) is 11.9. The predicted octanol–water partition coefficient (Wildman–Crippen LogP) is 3.83. The largest absolute Gasteiger partial charge is 0.449 e. The average molecular weight is 337 g/mol. The Hall–Kier alpha value is -2.62. The molecule has 0 radical (unpaired) electrons. The predicted molar refractivity (Wildman–Crippen MR) is 97.9 cm³/mol. The van der Waals surface area contributed by atoms with E-state index >= 15 is 0 Å². The fourth-order valence-corrected chi connectivity index (χ4v) is 3.41. The lowest BCUT2D eigenvalue weighted by Gasteiger charge is -2.26. The van der Waals surface area contributed by atoms with Gasteiger partial charge in [0.05, 0.1) is 5.56 Å². The Morgan fingerprint density at radius 2 is 1.88 bits per heavy atom. The van der Waals surface area contributed by atoms with E-state index < -0.39 is 12.1 Å². The summed E-state index contributed by atoms with van der Waals surface area (Å²) in [5.74, 6) is -0.644. The van der Waals surface area contributed by atoms with Gasteiger partial charge in [0.25, 0.3) is 5.91 Å². The summed E-state index contributed by atoms with van der Waals surface area (Å²) in [5, 5.41) is 0. The third kappa shape index (κ3) is 3.29. The molecule has 4 nitrogen and oxygen atoms in total. The van der Waals surface area contributed by atoms with Crippen LogP contribution < -0.4 is 4.90 Å². The summed E-state index contributed by atoms with van der Waals surface area (Å²) >= 11 is 0. The molecule has 0 fully saturated rings. The number of para-hydroxylation sites is 1. The zero-order valence-corrected chi connectivity index (χ0v) is 15.1. The third-order valence-electron chi connectivity index (χ3n) is 4.68. The first-order valence-electron chi connectivity index (χ1n) is 8.57. The number of amides is 1. The molecule has 0 N–H and O–H groups in total. The molecule has 25 heavy (non-hydrogen) atoms. The van der Waals surface area contributed by atoms with Gasteiger partial charge >= 0.3 is 5.97 Å². The second kappa shape index (κ2) is 6.71. The zero-order valence-electron chi connectivity index (χ0n) is 15.1. The Morgan fingerprint density at radius 3 is 2.60 bits per heavy atom. The second-order valence-electron chi connectivity index (χ2n) is 6.76. The van der Waals surface area contributed by atoms with Crippen LogP contribution in [0.3, 0.4) is 0 Å². The standard InChI is InChI=1S/C21H23NO3/c1-13-9-10-18(14(2)11-13)21(24)25-16(4)20(23)22-15(3)12-17-7-5-6-8-19(17)22/h5-11,15-16H,12H2,1-4H3/t15-,16+/m0/s1. The number of aryl methyl sites for hydroxylation is 2. The quantitative estimate of drug-likeness (QED) is 0.800. The van der Waals surface area contributed by atoms with Crippen molar-refractivity contribution in [3.8, 4) is 0 Å². The average Bonchev–Trinajstić information content (AvgIpc) is 2.89. The Labute approximate surface area is 148 Å². The topological polar surface area (TPSA) is 46.6 Å². The number of fused-ring (bicyclic) bond motifs is 1. The van der Waals surface area contributed by atoms with Gasteiger partial charge in [0.2, 0.25) is 0 Å². The molecule has 0 bridgehead atoms. The zero-order chi connectivity index (χ0) is 18.1. The maximum Gasteiger partial charge on any atom is 0.339 e. The van der Waals surface area contributed by atoms with Gasteiger partial charge < -0.3 is 9.64 Å². The molecule has 0 aromatic heterocycles. The highest BCUT2D eigenvalue weighted by Crippen LogP contribution is 2.32. The fourth-order valence-electron chi connectivity index (χ4n) is 3.41. The van der Waals surface area contributed by atoms with E-state index in [1.165, 1.54) is 0 Å². The molecule has 0 saturated carbocycles. The van der Waals surface area contributed by atoms with Gasteiger partial charge in [0.1, 0.15) is 0 Å². The number of esters is 1. The van der Waals surface area contributed by atoms with E-state index in [2.05, 4.69) is 0 Å². The van der Waals surface area contributed by atoms with Crippen molar-refractivity contribution in [3.05, 3.63) is 64.7 Å². The molecule has 130 valence electrons. The number of ether oxygens (including phenoxy) is 1. The van der Waals surface area contributed by atoms with Crippen molar-refractivity contribution >= 4 is 17.6 Å². The smallest absolute Gasteiger partial charge is 0.339 e. The molecule has 1 aliphatic rings. The summed E-state index contributed by atoms with van der Waals surface area (Å²) in [5.41, 5.74) is 4.50. The van der Waals surface area contributed by atoms with Crippen LogP contribution in [0.25, 0.3) is 0 Å². The Morgan fingerprint density at radius 1 is 1.16 bits per heavy atom. The number of hydrogen-bond acceptors (Lipinski definition) is 3. The minimum atomic E-state index is -0.832. The van der Waals surface area contributed by atoms with Crippen LogP contribution in [-0.2, 0) is 16.0 Å². The summed E-state index contributed by atoms with van der Waals surface area (Å²) in [7, 11) is 0. The lowest BCUT2D eigenvalue weighted by atomic mass is 10.1. The molecule has 1 aliphatic heterocycles. The Balaban J connectivity index is 1.76. The van der Waals surface area contributed by atoms with E-state index in [9.17, 15) is 9.59 Å². The van der Waals surface area contributed by atoms with Crippen LogP contribution in [0, 0.1) is 13.8 Å². The molecular formula is C21H23NO3. The highest BCUT2D eigenvalue weighted by Gasteiger charge is 2.34. The van der Waals surface area contributed by atoms with E-state index in [1.54, 1.807) is 17.9 Å². The molecule has 1 amide bonds. The van der Waals surface area contributed by atoms with E-state index in [-0.39, 0.29) is 11.9 Å². The first kappa shape index (κ1) is 17.2. The molecule has 2 aromatic rings. The number of rotatable bonds is 3. The van der Waals surface area contributed by atoms with Crippen LogP contribution in [0.2, 0.25) is 0 Å². The number of hydrogen-bond donors (Lipinski definition) is 0. The van der Waals surface area contributed by atoms with Crippen molar-refractivity contribution in [2.75, 3.05) is 4.90 Å². The lowest BCUT2D eigenvalue weighted by molar-refractivity contribution is -0.126. The molecule has 2 aromatic carbocycles. The normalized spacial score (nSPS) is 17.1. The van der Waals surface area contributed by atoms with Gasteiger partial charge in [-0.05, 0) is 57.4 Å². The summed E-state index contributed by atoms with van der Waals surface area (Å²) in [4.78, 5) is 27.1. The van der Waals surface area contributed by atoms with Gasteiger partial charge in [0, 0.05) is 11.7 Å². The molecule has 0 saturated heterocycles. The minimum absolute atomic E-state index is 0.0622. The summed E-state index contributed by atoms with van der Waals surface area (Å²) in [6.45, 7) is 7.49. The van der Waals surface area contributed by atoms with Crippen molar-refractivity contribution in [1.29, 1.82) is 0 Å². The molecule has 0 spiro atoms. The summed E-state index contributed by atoms with van der Waals surface area (Å²) in [6.07, 6.45) is -0.0126. The highest BCUT2D eigenvalue weighted by atomic mass is 16.5. The molecule has 4 heteroatoms. The Kier molecular flexibility index (Phi) is 4.62. The number of carbonyl (C=O) groups is 2. The molecule has 3 rings (SSSR count). The van der Waals surface area contributed by atoms with E-state index in [0.717, 1.165) is 28.8 Å².